The molecule has 2 aliphatic rings. The average molecular weight is 481 g/mol. The van der Waals surface area contributed by atoms with E-state index in [-0.39, 0.29) is 23.4 Å². The van der Waals surface area contributed by atoms with Gasteiger partial charge in [-0.05, 0) is 24.4 Å². The van der Waals surface area contributed by atoms with E-state index in [1.165, 1.54) is 0 Å². The zero-order valence-corrected chi connectivity index (χ0v) is 20.9. The average Bonchev–Trinajstić information content (AvgIpc) is 3.24. The van der Waals surface area contributed by atoms with Gasteiger partial charge in [-0.2, -0.15) is 5.10 Å². The first-order valence-corrected chi connectivity index (χ1v) is 12.6. The number of nitrogens with one attached hydrogen (secondary N) is 1. The fraction of sp³-hybridized carbons (Fsp3) is 0.538. The van der Waals surface area contributed by atoms with Gasteiger partial charge in [-0.15, -0.1) is 0 Å². The molecule has 1 N–H and O–H groups in total. The highest BCUT2D eigenvalue weighted by atomic mass is 16.2. The van der Waals surface area contributed by atoms with Crippen LogP contribution >= 0.6 is 0 Å². The number of benzene rings is 1. The molecule has 0 radical (unpaired) electrons. The minimum absolute atomic E-state index is 0.0602. The fourth-order valence-corrected chi connectivity index (χ4v) is 4.71. The number of aromatic nitrogens is 2. The first-order valence-electron chi connectivity index (χ1n) is 12.6. The van der Waals surface area contributed by atoms with Crippen LogP contribution in [0.5, 0.6) is 0 Å². The molecule has 0 aliphatic carbocycles. The van der Waals surface area contributed by atoms with Gasteiger partial charge in [0.2, 0.25) is 5.91 Å². The summed E-state index contributed by atoms with van der Waals surface area (Å²) in [5, 5.41) is 7.33. The molecule has 0 spiro atoms. The van der Waals surface area contributed by atoms with E-state index in [1.807, 2.05) is 49.1 Å². The second kappa shape index (κ2) is 11.0. The van der Waals surface area contributed by atoms with Crippen molar-refractivity contribution in [2.75, 3.05) is 39.3 Å². The standard InChI is InChI=1S/C26H36N6O3/c1-4-29-13-15-30(16-14-29)26(35)23(19(2)3)27-24(33)21-17-22-25(34)31(11-8-12-32(22)28-21)18-20-9-6-5-7-10-20/h5-7,9-10,17,19,23H,4,8,11-16,18H2,1-3H3,(H,27,33). The summed E-state index contributed by atoms with van der Waals surface area (Å²) in [4.78, 5) is 45.5. The van der Waals surface area contributed by atoms with Gasteiger partial charge in [0.1, 0.15) is 11.7 Å². The number of aryl methyl sites for hydroxylation is 1. The van der Waals surface area contributed by atoms with Crippen LogP contribution in [-0.2, 0) is 17.9 Å². The maximum Gasteiger partial charge on any atom is 0.272 e. The topological polar surface area (TPSA) is 90.8 Å². The van der Waals surface area contributed by atoms with Crippen molar-refractivity contribution in [3.63, 3.8) is 0 Å². The van der Waals surface area contributed by atoms with Crippen LogP contribution in [0.4, 0.5) is 0 Å². The zero-order chi connectivity index (χ0) is 24.9. The maximum absolute atomic E-state index is 13.2. The van der Waals surface area contributed by atoms with Crippen molar-refractivity contribution < 1.29 is 14.4 Å². The lowest BCUT2D eigenvalue weighted by molar-refractivity contribution is -0.136. The molecule has 35 heavy (non-hydrogen) atoms. The number of hydrogen-bond acceptors (Lipinski definition) is 5. The Morgan fingerprint density at radius 3 is 2.40 bits per heavy atom. The molecule has 9 heteroatoms. The van der Waals surface area contributed by atoms with Crippen molar-refractivity contribution in [2.24, 2.45) is 5.92 Å². The van der Waals surface area contributed by atoms with Crippen molar-refractivity contribution >= 4 is 17.7 Å². The predicted octanol–water partition coefficient (Wildman–Crippen LogP) is 1.85. The number of carbonyl (C=O) groups excluding carboxylic acids is 3. The third kappa shape index (κ3) is 5.73. The molecular weight excluding hydrogens is 444 g/mol. The molecule has 9 nitrogen and oxygen atoms in total. The van der Waals surface area contributed by atoms with Gasteiger partial charge in [0.05, 0.1) is 0 Å². The smallest absolute Gasteiger partial charge is 0.272 e. The van der Waals surface area contributed by atoms with Crippen LogP contribution in [0.3, 0.4) is 0 Å². The SMILES string of the molecule is CCN1CCN(C(=O)C(NC(=O)c2cc3n(n2)CCCN(Cc2ccccc2)C3=O)C(C)C)CC1. The lowest BCUT2D eigenvalue weighted by atomic mass is 10.0. The number of rotatable bonds is 7. The Hall–Kier alpha value is -3.20. The minimum atomic E-state index is -0.637. The molecule has 1 saturated heterocycles. The highest BCUT2D eigenvalue weighted by Gasteiger charge is 2.32. The van der Waals surface area contributed by atoms with Gasteiger partial charge in [0.25, 0.3) is 11.8 Å². The molecule has 2 aliphatic heterocycles. The van der Waals surface area contributed by atoms with Crippen LogP contribution in [0.2, 0.25) is 0 Å². The number of amides is 3. The Balaban J connectivity index is 1.45. The maximum atomic E-state index is 13.2. The Labute approximate surface area is 207 Å². The quantitative estimate of drug-likeness (QED) is 0.653. The third-order valence-electron chi connectivity index (χ3n) is 6.88. The van der Waals surface area contributed by atoms with Crippen molar-refractivity contribution in [3.8, 4) is 0 Å². The van der Waals surface area contributed by atoms with Gasteiger partial charge in [-0.1, -0.05) is 51.1 Å². The second-order valence-electron chi connectivity index (χ2n) is 9.66. The molecule has 1 aromatic heterocycles. The molecule has 4 rings (SSSR count). The zero-order valence-electron chi connectivity index (χ0n) is 20.9. The van der Waals surface area contributed by atoms with Gasteiger partial charge in [-0.3, -0.25) is 19.1 Å². The molecule has 3 heterocycles. The largest absolute Gasteiger partial charge is 0.339 e. The van der Waals surface area contributed by atoms with Crippen molar-refractivity contribution in [2.45, 2.75) is 46.3 Å². The van der Waals surface area contributed by atoms with Crippen molar-refractivity contribution in [1.29, 1.82) is 0 Å². The minimum Gasteiger partial charge on any atom is -0.339 e. The molecule has 1 fully saturated rings. The molecule has 2 aromatic rings. The van der Waals surface area contributed by atoms with Crippen LogP contribution in [-0.4, -0.2) is 87.5 Å². The summed E-state index contributed by atoms with van der Waals surface area (Å²) < 4.78 is 1.62. The second-order valence-corrected chi connectivity index (χ2v) is 9.66. The highest BCUT2D eigenvalue weighted by Crippen LogP contribution is 2.17. The molecule has 0 saturated carbocycles. The van der Waals surface area contributed by atoms with Crippen LogP contribution in [0.15, 0.2) is 36.4 Å². The van der Waals surface area contributed by atoms with E-state index in [0.717, 1.165) is 31.6 Å². The summed E-state index contributed by atoms with van der Waals surface area (Å²) >= 11 is 0. The van der Waals surface area contributed by atoms with Crippen LogP contribution < -0.4 is 5.32 Å². The summed E-state index contributed by atoms with van der Waals surface area (Å²) in [7, 11) is 0. The molecule has 0 bridgehead atoms. The first-order chi connectivity index (χ1) is 16.9. The van der Waals surface area contributed by atoms with Crippen LogP contribution in [0.1, 0.15) is 53.7 Å². The Kier molecular flexibility index (Phi) is 7.85. The van der Waals surface area contributed by atoms with Gasteiger partial charge < -0.3 is 20.0 Å². The van der Waals surface area contributed by atoms with Crippen molar-refractivity contribution in [3.05, 3.63) is 53.3 Å². The molecule has 1 unspecified atom stereocenters. The third-order valence-corrected chi connectivity index (χ3v) is 6.88. The van der Waals surface area contributed by atoms with E-state index < -0.39 is 11.9 Å². The summed E-state index contributed by atoms with van der Waals surface area (Å²) in [5.74, 6) is -0.690. The van der Waals surface area contributed by atoms with Crippen LogP contribution in [0.25, 0.3) is 0 Å². The number of carbonyl (C=O) groups is 3. The summed E-state index contributed by atoms with van der Waals surface area (Å²) in [6.07, 6.45) is 0.755. The van der Waals surface area contributed by atoms with E-state index in [4.69, 9.17) is 0 Å². The lowest BCUT2D eigenvalue weighted by Gasteiger charge is -2.36. The lowest BCUT2D eigenvalue weighted by Crippen LogP contribution is -2.56. The van der Waals surface area contributed by atoms with Gasteiger partial charge >= 0.3 is 0 Å². The monoisotopic (exact) mass is 480 g/mol. The number of likely N-dealkylation sites (N-methyl/N-ethyl adjacent to an activating group) is 1. The first kappa shape index (κ1) is 24.9. The summed E-state index contributed by atoms with van der Waals surface area (Å²) in [5.41, 5.74) is 1.64. The molecule has 1 atom stereocenters. The van der Waals surface area contributed by atoms with Gasteiger partial charge in [-0.25, -0.2) is 0 Å². The van der Waals surface area contributed by atoms with E-state index in [9.17, 15) is 14.4 Å². The van der Waals surface area contributed by atoms with E-state index in [2.05, 4.69) is 22.2 Å². The van der Waals surface area contributed by atoms with E-state index >= 15 is 0 Å². The normalized spacial score (nSPS) is 17.8. The van der Waals surface area contributed by atoms with E-state index in [0.29, 0.717) is 38.4 Å². The van der Waals surface area contributed by atoms with Crippen LogP contribution in [0, 0.1) is 5.92 Å². The Morgan fingerprint density at radius 2 is 1.74 bits per heavy atom. The number of hydrogen-bond donors (Lipinski definition) is 1. The molecule has 188 valence electrons. The van der Waals surface area contributed by atoms with Gasteiger partial charge in [0.15, 0.2) is 5.69 Å². The highest BCUT2D eigenvalue weighted by molar-refractivity contribution is 5.99. The Morgan fingerprint density at radius 1 is 1.03 bits per heavy atom. The number of fused-ring (bicyclic) bond motifs is 1. The Bertz CT molecular complexity index is 1040. The fourth-order valence-electron chi connectivity index (χ4n) is 4.71. The number of piperazine rings is 1. The number of nitrogens with zero attached hydrogens (tertiary/aromatic N) is 5. The van der Waals surface area contributed by atoms with E-state index in [1.54, 1.807) is 15.6 Å². The van der Waals surface area contributed by atoms with Gasteiger partial charge in [0, 0.05) is 51.9 Å². The molecule has 1 aromatic carbocycles. The molecule has 3 amide bonds. The molecular formula is C26H36N6O3. The van der Waals surface area contributed by atoms with Crippen molar-refractivity contribution in [1.82, 2.24) is 29.8 Å². The predicted molar refractivity (Wildman–Crippen MR) is 133 cm³/mol. The summed E-state index contributed by atoms with van der Waals surface area (Å²) in [6, 6.07) is 10.8. The summed E-state index contributed by atoms with van der Waals surface area (Å²) in [6.45, 7) is 11.7.